The average Bonchev–Trinajstić information content (AvgIpc) is 3.64. The highest BCUT2D eigenvalue weighted by molar-refractivity contribution is 7.86. The molecule has 24 nitrogen and oxygen atoms in total. The van der Waals surface area contributed by atoms with E-state index in [0.29, 0.717) is 64.6 Å². The van der Waals surface area contributed by atoms with Crippen LogP contribution in [0.3, 0.4) is 0 Å². The summed E-state index contributed by atoms with van der Waals surface area (Å²) in [6.07, 6.45) is 3.28. The van der Waals surface area contributed by atoms with Gasteiger partial charge in [-0.05, 0) is 93.3 Å². The van der Waals surface area contributed by atoms with E-state index in [1.165, 1.54) is 18.2 Å². The molecule has 3 amide bonds. The Kier molecular flexibility index (Phi) is 22.2. The molecule has 418 valence electrons. The quantitative estimate of drug-likeness (QED) is 0.0118. The zero-order chi connectivity index (χ0) is 55.8. The van der Waals surface area contributed by atoms with E-state index in [2.05, 4.69) is 10.6 Å². The van der Waals surface area contributed by atoms with Crippen LogP contribution in [-0.4, -0.2) is 141 Å². The van der Waals surface area contributed by atoms with Crippen molar-refractivity contribution >= 4 is 81.1 Å². The lowest BCUT2D eigenvalue weighted by molar-refractivity contribution is -0.197. The van der Waals surface area contributed by atoms with Gasteiger partial charge >= 0.3 is 11.9 Å². The number of nitrogens with zero attached hydrogens (tertiary/aromatic N) is 2. The van der Waals surface area contributed by atoms with Gasteiger partial charge in [-0.15, -0.1) is 5.06 Å². The smallest absolute Gasteiger partial charge is 0.336 e. The molecule has 3 aliphatic rings. The molecule has 76 heavy (non-hydrogen) atoms. The second kappa shape index (κ2) is 27.5. The Labute approximate surface area is 440 Å². The van der Waals surface area contributed by atoms with Gasteiger partial charge < -0.3 is 25.0 Å². The molecule has 2 aromatic carbocycles. The number of benzene rings is 3. The number of carboxylic acid groups (broad SMARTS) is 1. The van der Waals surface area contributed by atoms with Crippen molar-refractivity contribution in [1.29, 1.82) is 0 Å². The van der Waals surface area contributed by atoms with E-state index in [-0.39, 0.29) is 118 Å². The molecule has 1 fully saturated rings. The summed E-state index contributed by atoms with van der Waals surface area (Å²) in [6.45, 7) is 0.898. The molecule has 0 aromatic heterocycles. The molecule has 7 N–H and O–H groups in total. The fraction of sp³-hybridized carbons (Fsp3) is 0.500. The normalized spacial score (nSPS) is 13.9. The molecule has 0 spiro atoms. The van der Waals surface area contributed by atoms with Gasteiger partial charge in [0.2, 0.25) is 5.36 Å². The SMILES string of the molecule is O=C(CCCCCCNC(=O)c1ccc(-c2c3ccc(=[N+](CCCCS(=O)(=O)O)CCCCS(=O)(=O)O)cc-3oc3cc(C(CCCS(=O)(=O)O)NCCCCS(=O)(=O)O)ccc23)c(C(=O)O)c1)ON1C(=O)CCC1=O. The first-order chi connectivity index (χ1) is 35.7. The van der Waals surface area contributed by atoms with Crippen molar-refractivity contribution in [2.75, 3.05) is 49.2 Å². The van der Waals surface area contributed by atoms with Gasteiger partial charge in [0, 0.05) is 72.8 Å². The Morgan fingerprint density at radius 2 is 1.21 bits per heavy atom. The van der Waals surface area contributed by atoms with Crippen molar-refractivity contribution in [2.24, 2.45) is 0 Å². The predicted octanol–water partition coefficient (Wildman–Crippen LogP) is 4.27. The van der Waals surface area contributed by atoms with E-state index in [1.807, 2.05) is 4.58 Å². The Balaban J connectivity index is 1.51. The minimum absolute atomic E-state index is 0.00194. The number of hydrogen-bond acceptors (Lipinski definition) is 16. The lowest BCUT2D eigenvalue weighted by Gasteiger charge is -2.21. The number of imide groups is 1. The van der Waals surface area contributed by atoms with Gasteiger partial charge in [0.05, 0.1) is 34.6 Å². The number of carbonyl (C=O) groups is 5. The summed E-state index contributed by atoms with van der Waals surface area (Å²) in [4.78, 5) is 67.0. The second-order valence-electron chi connectivity index (χ2n) is 18.3. The van der Waals surface area contributed by atoms with E-state index in [9.17, 15) is 81.0 Å². The predicted molar refractivity (Wildman–Crippen MR) is 276 cm³/mol. The molecular weight excluding hydrogens is 1080 g/mol. The lowest BCUT2D eigenvalue weighted by Crippen LogP contribution is -2.32. The van der Waals surface area contributed by atoms with Crippen molar-refractivity contribution in [3.63, 3.8) is 0 Å². The molecule has 0 bridgehead atoms. The van der Waals surface area contributed by atoms with Crippen LogP contribution >= 0.6 is 0 Å². The van der Waals surface area contributed by atoms with Crippen LogP contribution in [0, 0.1) is 0 Å². The number of carboxylic acids is 1. The summed E-state index contributed by atoms with van der Waals surface area (Å²) in [6, 6.07) is 13.7. The topological polar surface area (TPSA) is 376 Å². The van der Waals surface area contributed by atoms with E-state index < -0.39 is 99.2 Å². The number of amides is 3. The highest BCUT2D eigenvalue weighted by Gasteiger charge is 2.33. The third kappa shape index (κ3) is 20.0. The van der Waals surface area contributed by atoms with Gasteiger partial charge in [0.1, 0.15) is 24.4 Å². The molecule has 2 heterocycles. The summed E-state index contributed by atoms with van der Waals surface area (Å²) in [5.74, 6) is -5.65. The van der Waals surface area contributed by atoms with E-state index in [0.717, 1.165) is 0 Å². The number of aromatic carboxylic acids is 1. The first kappa shape index (κ1) is 61.1. The van der Waals surface area contributed by atoms with Crippen LogP contribution in [0.5, 0.6) is 0 Å². The van der Waals surface area contributed by atoms with Gasteiger partial charge in [-0.3, -0.25) is 32.6 Å². The summed E-state index contributed by atoms with van der Waals surface area (Å²) < 4.78 is 138. The molecule has 1 aliphatic carbocycles. The molecule has 2 aromatic rings. The summed E-state index contributed by atoms with van der Waals surface area (Å²) >= 11 is 0. The van der Waals surface area contributed by atoms with Crippen molar-refractivity contribution < 1.29 is 90.2 Å². The highest BCUT2D eigenvalue weighted by Crippen LogP contribution is 2.42. The van der Waals surface area contributed by atoms with E-state index in [1.54, 1.807) is 36.4 Å². The minimum atomic E-state index is -4.34. The number of carbonyl (C=O) groups excluding carboxylic acids is 4. The largest absolute Gasteiger partial charge is 0.478 e. The Hall–Kier alpha value is -5.72. The maximum absolute atomic E-state index is 13.4. The van der Waals surface area contributed by atoms with Gasteiger partial charge in [-0.25, -0.2) is 14.2 Å². The van der Waals surface area contributed by atoms with Crippen molar-refractivity contribution in [1.82, 2.24) is 20.3 Å². The molecule has 1 atom stereocenters. The number of unbranched alkanes of at least 4 members (excludes halogenated alkanes) is 6. The van der Waals surface area contributed by atoms with Crippen LogP contribution in [-0.2, 0) is 59.7 Å². The zero-order valence-corrected chi connectivity index (χ0v) is 44.7. The number of hydrogen-bond donors (Lipinski definition) is 7. The van der Waals surface area contributed by atoms with Crippen molar-refractivity contribution in [3.05, 3.63) is 76.6 Å². The van der Waals surface area contributed by atoms with Crippen LogP contribution in [0.25, 0.3) is 33.4 Å². The molecule has 0 saturated carbocycles. The monoisotopic (exact) mass is 1140 g/mol. The Morgan fingerprint density at radius 1 is 0.645 bits per heavy atom. The van der Waals surface area contributed by atoms with Gasteiger partial charge in [-0.2, -0.15) is 33.7 Å². The van der Waals surface area contributed by atoms with Crippen LogP contribution in [0.2, 0.25) is 0 Å². The summed E-state index contributed by atoms with van der Waals surface area (Å²) in [5.41, 5.74) is 1.51. The first-order valence-corrected chi connectivity index (χ1v) is 31.0. The number of hydroxylamine groups is 2. The maximum atomic E-state index is 13.4. The van der Waals surface area contributed by atoms with Crippen LogP contribution in [0.1, 0.15) is 129 Å². The van der Waals surface area contributed by atoms with Gasteiger partial charge in [0.25, 0.3) is 58.2 Å². The number of rotatable bonds is 32. The highest BCUT2D eigenvalue weighted by atomic mass is 32.2. The molecule has 5 rings (SSSR count). The fourth-order valence-electron chi connectivity index (χ4n) is 8.62. The third-order valence-corrected chi connectivity index (χ3v) is 15.6. The van der Waals surface area contributed by atoms with Crippen molar-refractivity contribution in [3.8, 4) is 22.5 Å². The number of nitrogens with one attached hydrogen (secondary N) is 2. The average molecular weight is 1140 g/mol. The Morgan fingerprint density at radius 3 is 1.82 bits per heavy atom. The van der Waals surface area contributed by atoms with Crippen molar-refractivity contribution in [2.45, 2.75) is 102 Å². The molecular formula is C48H63N4O20S4+. The molecule has 28 heteroatoms. The van der Waals surface area contributed by atoms with Crippen LogP contribution in [0.4, 0.5) is 0 Å². The lowest BCUT2D eigenvalue weighted by atomic mass is 9.89. The molecule has 0 radical (unpaired) electrons. The second-order valence-corrected chi connectivity index (χ2v) is 24.6. The fourth-order valence-corrected chi connectivity index (χ4v) is 10.9. The summed E-state index contributed by atoms with van der Waals surface area (Å²) in [5, 5.41) is 18.2. The Bertz CT molecular complexity index is 3210. The van der Waals surface area contributed by atoms with Crippen LogP contribution in [0.15, 0.2) is 59.0 Å². The zero-order valence-electron chi connectivity index (χ0n) is 41.4. The van der Waals surface area contributed by atoms with E-state index >= 15 is 0 Å². The third-order valence-electron chi connectivity index (χ3n) is 12.3. The van der Waals surface area contributed by atoms with Gasteiger partial charge in [0.15, 0.2) is 0 Å². The van der Waals surface area contributed by atoms with Crippen LogP contribution < -0.4 is 20.6 Å². The van der Waals surface area contributed by atoms with Gasteiger partial charge in [-0.1, -0.05) is 31.0 Å². The van der Waals surface area contributed by atoms with E-state index in [4.69, 9.17) is 9.25 Å². The number of fused-ring (bicyclic) bond motifs is 2. The summed E-state index contributed by atoms with van der Waals surface area (Å²) in [7, 11) is -17.1. The first-order valence-electron chi connectivity index (χ1n) is 24.5. The molecule has 2 aliphatic heterocycles. The molecule has 1 unspecified atom stereocenters. The molecule has 1 saturated heterocycles. The maximum Gasteiger partial charge on any atom is 0.336 e. The standard InChI is InChI=1S/C48H62N4O20S4/c53-43-20-21-44(54)52(43)72-45(55)13-3-1-2-4-23-50-47(56)34-15-17-36(39(30-34)48(57)58)46-37-18-14-33(40(12-11-29-76(68,69)70)49-22-5-8-26-73(59,60)61)31-41(37)71-42-32-35(16-19-38(42)46)51(24-6-9-27-74(62,63)64)25-7-10-28-75(65,66)67/h14-19,30-32,40,49H,1-13,20-29H2,(H5-,50,56,57,58,59,60,61,62,63,64,65,66,67,68,69,70)/p+1. The minimum Gasteiger partial charge on any atom is -0.478 e.